The Labute approximate surface area is 118 Å². The van der Waals surface area contributed by atoms with Crippen LogP contribution in [0.2, 0.25) is 5.02 Å². The Hall–Kier alpha value is -2.61. The van der Waals surface area contributed by atoms with Gasteiger partial charge in [0.25, 0.3) is 11.6 Å². The Bertz CT molecular complexity index is 656. The Balaban J connectivity index is 2.19. The number of carbonyl (C=O) groups is 1. The van der Waals surface area contributed by atoms with E-state index in [1.54, 1.807) is 6.20 Å². The summed E-state index contributed by atoms with van der Waals surface area (Å²) in [6, 6.07) is 2.37. The van der Waals surface area contributed by atoms with Crippen LogP contribution in [-0.4, -0.2) is 20.8 Å². The molecule has 0 unspecified atom stereocenters. The molecule has 2 aromatic rings. The van der Waals surface area contributed by atoms with E-state index >= 15 is 0 Å². The normalized spacial score (nSPS) is 10.2. The number of benzene rings is 1. The summed E-state index contributed by atoms with van der Waals surface area (Å²) < 4.78 is 0. The van der Waals surface area contributed by atoms with Crippen LogP contribution in [-0.2, 0) is 6.54 Å². The number of carbonyl (C=O) groups excluding carboxylic acids is 1. The molecule has 0 saturated carbocycles. The molecule has 4 N–H and O–H groups in total. The second kappa shape index (κ2) is 5.57. The van der Waals surface area contributed by atoms with E-state index in [9.17, 15) is 14.9 Å². The van der Waals surface area contributed by atoms with Crippen molar-refractivity contribution in [1.82, 2.24) is 15.3 Å². The number of rotatable bonds is 4. The van der Waals surface area contributed by atoms with Gasteiger partial charge in [-0.3, -0.25) is 14.9 Å². The summed E-state index contributed by atoms with van der Waals surface area (Å²) >= 11 is 5.78. The summed E-state index contributed by atoms with van der Waals surface area (Å²) in [6.45, 7) is 0.217. The Kier molecular flexibility index (Phi) is 3.85. The first-order valence-electron chi connectivity index (χ1n) is 5.48. The minimum absolute atomic E-state index is 0.0362. The number of aromatic amines is 1. The number of anilines is 1. The maximum Gasteiger partial charge on any atom is 0.294 e. The van der Waals surface area contributed by atoms with Crippen LogP contribution in [0.4, 0.5) is 11.4 Å². The number of hydrogen-bond donors (Lipinski definition) is 3. The topological polar surface area (TPSA) is 127 Å². The molecule has 0 atom stereocenters. The Morgan fingerprint density at radius 1 is 1.55 bits per heavy atom. The number of nitrogens with zero attached hydrogens (tertiary/aromatic N) is 2. The standard InChI is InChI=1S/C11H10ClN5O3/c12-8-1-6(2-9(10(8)13)17(19)20)11(18)15-4-7-3-14-5-16-7/h1-3,5H,4,13H2,(H,14,16)(H,15,18). The molecule has 0 spiro atoms. The van der Waals surface area contributed by atoms with Gasteiger partial charge in [-0.1, -0.05) is 11.6 Å². The number of nitrogens with one attached hydrogen (secondary N) is 2. The number of imidazole rings is 1. The lowest BCUT2D eigenvalue weighted by Gasteiger charge is -2.06. The van der Waals surface area contributed by atoms with Crippen molar-refractivity contribution in [3.05, 3.63) is 51.1 Å². The SMILES string of the molecule is Nc1c(Cl)cc(C(=O)NCc2cnc[nH]2)cc1[N+](=O)[O-]. The number of hydrogen-bond acceptors (Lipinski definition) is 5. The van der Waals surface area contributed by atoms with Gasteiger partial charge in [-0.25, -0.2) is 4.98 Å². The number of nitrogens with two attached hydrogens (primary N) is 1. The first-order valence-corrected chi connectivity index (χ1v) is 5.85. The molecule has 8 nitrogen and oxygen atoms in total. The fraction of sp³-hybridized carbons (Fsp3) is 0.0909. The molecule has 2 rings (SSSR count). The zero-order valence-corrected chi connectivity index (χ0v) is 10.8. The van der Waals surface area contributed by atoms with E-state index in [1.165, 1.54) is 12.4 Å². The van der Waals surface area contributed by atoms with Gasteiger partial charge in [-0.05, 0) is 6.07 Å². The van der Waals surface area contributed by atoms with Gasteiger partial charge >= 0.3 is 0 Å². The molecule has 0 aliphatic rings. The van der Waals surface area contributed by atoms with Crippen molar-refractivity contribution < 1.29 is 9.72 Å². The lowest BCUT2D eigenvalue weighted by atomic mass is 10.1. The zero-order chi connectivity index (χ0) is 14.7. The van der Waals surface area contributed by atoms with Gasteiger partial charge in [0.15, 0.2) is 0 Å². The molecule has 0 aliphatic heterocycles. The molecule has 0 radical (unpaired) electrons. The number of aromatic nitrogens is 2. The van der Waals surface area contributed by atoms with Crippen LogP contribution in [0, 0.1) is 10.1 Å². The second-order valence-electron chi connectivity index (χ2n) is 3.91. The number of nitro groups is 1. The Morgan fingerprint density at radius 2 is 2.30 bits per heavy atom. The highest BCUT2D eigenvalue weighted by Crippen LogP contribution is 2.30. The summed E-state index contributed by atoms with van der Waals surface area (Å²) in [4.78, 5) is 28.7. The fourth-order valence-electron chi connectivity index (χ4n) is 1.54. The van der Waals surface area contributed by atoms with Gasteiger partial charge in [0.1, 0.15) is 5.69 Å². The molecule has 0 bridgehead atoms. The molecule has 1 aromatic carbocycles. The van der Waals surface area contributed by atoms with Crippen molar-refractivity contribution in [1.29, 1.82) is 0 Å². The minimum Gasteiger partial charge on any atom is -0.392 e. The first-order chi connectivity index (χ1) is 9.49. The smallest absolute Gasteiger partial charge is 0.294 e. The van der Waals surface area contributed by atoms with Crippen molar-refractivity contribution in [2.24, 2.45) is 0 Å². The van der Waals surface area contributed by atoms with Gasteiger partial charge in [0, 0.05) is 17.8 Å². The molecule has 1 amide bonds. The van der Waals surface area contributed by atoms with Crippen LogP contribution in [0.25, 0.3) is 0 Å². The number of nitro benzene ring substituents is 1. The van der Waals surface area contributed by atoms with Gasteiger partial charge in [0.2, 0.25) is 0 Å². The highest BCUT2D eigenvalue weighted by molar-refractivity contribution is 6.34. The summed E-state index contributed by atoms with van der Waals surface area (Å²) in [7, 11) is 0. The molecular formula is C11H10ClN5O3. The second-order valence-corrected chi connectivity index (χ2v) is 4.31. The molecule has 0 saturated heterocycles. The highest BCUT2D eigenvalue weighted by Gasteiger charge is 2.19. The molecule has 0 aliphatic carbocycles. The summed E-state index contributed by atoms with van der Waals surface area (Å²) in [5.74, 6) is -0.496. The van der Waals surface area contributed by atoms with Crippen molar-refractivity contribution in [2.45, 2.75) is 6.54 Å². The van der Waals surface area contributed by atoms with Gasteiger partial charge in [0.05, 0.1) is 28.5 Å². The minimum atomic E-state index is -0.688. The lowest BCUT2D eigenvalue weighted by Crippen LogP contribution is -2.23. The third-order valence-electron chi connectivity index (χ3n) is 2.56. The third-order valence-corrected chi connectivity index (χ3v) is 2.87. The van der Waals surface area contributed by atoms with Crippen molar-refractivity contribution in [2.75, 3.05) is 5.73 Å². The molecular weight excluding hydrogens is 286 g/mol. The van der Waals surface area contributed by atoms with E-state index in [4.69, 9.17) is 17.3 Å². The highest BCUT2D eigenvalue weighted by atomic mass is 35.5. The van der Waals surface area contributed by atoms with Gasteiger partial charge in [-0.2, -0.15) is 0 Å². The average molecular weight is 296 g/mol. The zero-order valence-electron chi connectivity index (χ0n) is 10.1. The van der Waals surface area contributed by atoms with Crippen LogP contribution in [0.1, 0.15) is 16.1 Å². The summed E-state index contributed by atoms with van der Waals surface area (Å²) in [5, 5.41) is 13.4. The summed E-state index contributed by atoms with van der Waals surface area (Å²) in [5.41, 5.74) is 5.69. The van der Waals surface area contributed by atoms with E-state index < -0.39 is 16.5 Å². The van der Waals surface area contributed by atoms with Gasteiger partial charge < -0.3 is 16.0 Å². The number of amides is 1. The van der Waals surface area contributed by atoms with Crippen LogP contribution >= 0.6 is 11.6 Å². The lowest BCUT2D eigenvalue weighted by molar-refractivity contribution is -0.383. The molecule has 0 fully saturated rings. The van der Waals surface area contributed by atoms with E-state index in [2.05, 4.69) is 15.3 Å². The van der Waals surface area contributed by atoms with E-state index in [0.717, 1.165) is 6.07 Å². The number of nitrogen functional groups attached to an aromatic ring is 1. The number of halogens is 1. The maximum atomic E-state index is 11.9. The fourth-order valence-corrected chi connectivity index (χ4v) is 1.76. The summed E-state index contributed by atoms with van der Waals surface area (Å²) in [6.07, 6.45) is 3.03. The monoisotopic (exact) mass is 295 g/mol. The Morgan fingerprint density at radius 3 is 2.90 bits per heavy atom. The van der Waals surface area contributed by atoms with E-state index in [-0.39, 0.29) is 22.8 Å². The van der Waals surface area contributed by atoms with Crippen molar-refractivity contribution >= 4 is 28.9 Å². The molecule has 1 aromatic heterocycles. The first kappa shape index (κ1) is 13.8. The van der Waals surface area contributed by atoms with E-state index in [1.807, 2.05) is 0 Å². The predicted octanol–water partition coefficient (Wildman–Crippen LogP) is 1.48. The van der Waals surface area contributed by atoms with Gasteiger partial charge in [-0.15, -0.1) is 0 Å². The van der Waals surface area contributed by atoms with Crippen molar-refractivity contribution in [3.8, 4) is 0 Å². The largest absolute Gasteiger partial charge is 0.392 e. The van der Waals surface area contributed by atoms with Crippen LogP contribution in [0.5, 0.6) is 0 Å². The van der Waals surface area contributed by atoms with Crippen molar-refractivity contribution in [3.63, 3.8) is 0 Å². The third kappa shape index (κ3) is 2.86. The molecule has 1 heterocycles. The molecule has 20 heavy (non-hydrogen) atoms. The van der Waals surface area contributed by atoms with E-state index in [0.29, 0.717) is 5.69 Å². The quantitative estimate of drug-likeness (QED) is 0.447. The molecule has 104 valence electrons. The maximum absolute atomic E-state index is 11.9. The number of H-pyrrole nitrogens is 1. The molecule has 9 heteroatoms. The van der Waals surface area contributed by atoms with Crippen LogP contribution in [0.3, 0.4) is 0 Å². The van der Waals surface area contributed by atoms with Crippen LogP contribution < -0.4 is 11.1 Å². The van der Waals surface area contributed by atoms with Crippen LogP contribution in [0.15, 0.2) is 24.7 Å². The predicted molar refractivity (Wildman–Crippen MR) is 72.3 cm³/mol. The average Bonchev–Trinajstić information content (AvgIpc) is 2.91.